The Balaban J connectivity index is 1.71. The second kappa shape index (κ2) is 1.96. The van der Waals surface area contributed by atoms with E-state index in [2.05, 4.69) is 12.2 Å². The van der Waals surface area contributed by atoms with Crippen LogP contribution in [0.3, 0.4) is 0 Å². The molecule has 2 N–H and O–H groups in total. The van der Waals surface area contributed by atoms with Crippen molar-refractivity contribution in [3.63, 3.8) is 0 Å². The van der Waals surface area contributed by atoms with Gasteiger partial charge in [0.2, 0.25) is 0 Å². The van der Waals surface area contributed by atoms with Crippen molar-refractivity contribution in [2.45, 2.75) is 25.0 Å². The van der Waals surface area contributed by atoms with Crippen molar-refractivity contribution >= 4 is 0 Å². The fraction of sp³-hybridized carbons (Fsp3) is 0.875. The van der Waals surface area contributed by atoms with Crippen molar-refractivity contribution in [1.82, 2.24) is 0 Å². The number of fused-ring (bicyclic) bond motifs is 1. The standard InChI is InChI=1S/C16H18O2/c17-9-3-5-6-4-10(18)16-8-2-1-7-11(8)12(14(6)16)13(5)15(7,9)16/h1-2,5-14,17-18H,3-4H2/t5-,6+,7-,8-,9-,10+,11?,12?,13-,14+,15+,16+/m0/s1. The lowest BCUT2D eigenvalue weighted by molar-refractivity contribution is -0.128. The van der Waals surface area contributed by atoms with E-state index in [1.807, 2.05) is 0 Å². The molecule has 2 nitrogen and oxygen atoms in total. The summed E-state index contributed by atoms with van der Waals surface area (Å²) in [4.78, 5) is 0. The number of aliphatic hydroxyl groups excluding tert-OH is 2. The molecule has 94 valence electrons. The molecule has 0 amide bonds. The summed E-state index contributed by atoms with van der Waals surface area (Å²) in [6, 6.07) is 0. The number of rotatable bonds is 0. The SMILES string of the molecule is O[C@@H]1C[C@@H]2[C@@H]3C[C@H](O)[C@@]45[C@@H]3C3C6[C@@H]4C=C[C@@H]6[C@]15[C@@H]32. The third-order valence-electron chi connectivity index (χ3n) is 9.15. The monoisotopic (exact) mass is 242 g/mol. The molecule has 0 heterocycles. The van der Waals surface area contributed by atoms with Gasteiger partial charge in [0.25, 0.3) is 0 Å². The molecule has 7 fully saturated rings. The zero-order valence-electron chi connectivity index (χ0n) is 10.2. The summed E-state index contributed by atoms with van der Waals surface area (Å²) in [6.07, 6.45) is 6.76. The van der Waals surface area contributed by atoms with Crippen LogP contribution in [0.1, 0.15) is 12.8 Å². The van der Waals surface area contributed by atoms with Gasteiger partial charge in [-0.2, -0.15) is 0 Å². The van der Waals surface area contributed by atoms with E-state index in [1.165, 1.54) is 0 Å². The van der Waals surface area contributed by atoms with Crippen LogP contribution in [0.5, 0.6) is 0 Å². The molecule has 2 unspecified atom stereocenters. The van der Waals surface area contributed by atoms with Gasteiger partial charge in [-0.05, 0) is 60.2 Å². The van der Waals surface area contributed by atoms with Crippen LogP contribution in [-0.2, 0) is 0 Å². The van der Waals surface area contributed by atoms with Crippen molar-refractivity contribution in [2.75, 3.05) is 0 Å². The largest absolute Gasteiger partial charge is 0.392 e. The highest BCUT2D eigenvalue weighted by molar-refractivity contribution is 5.50. The quantitative estimate of drug-likeness (QED) is 0.623. The first-order chi connectivity index (χ1) is 8.75. The first-order valence-electron chi connectivity index (χ1n) is 7.80. The summed E-state index contributed by atoms with van der Waals surface area (Å²) >= 11 is 0. The van der Waals surface area contributed by atoms with E-state index in [0.717, 1.165) is 48.3 Å². The summed E-state index contributed by atoms with van der Waals surface area (Å²) in [5.74, 6) is 6.05. The zero-order chi connectivity index (χ0) is 11.6. The molecular weight excluding hydrogens is 224 g/mol. The van der Waals surface area contributed by atoms with E-state index in [4.69, 9.17) is 0 Å². The van der Waals surface area contributed by atoms with Crippen molar-refractivity contribution in [1.29, 1.82) is 0 Å². The molecule has 2 spiro atoms. The van der Waals surface area contributed by atoms with Crippen molar-refractivity contribution < 1.29 is 10.2 Å². The molecule has 2 heteroatoms. The molecular formula is C16H18O2. The Morgan fingerprint density at radius 3 is 1.78 bits per heavy atom. The lowest BCUT2D eigenvalue weighted by Gasteiger charge is -2.53. The average molecular weight is 242 g/mol. The predicted octanol–water partition coefficient (Wildman–Crippen LogP) is 1.04. The van der Waals surface area contributed by atoms with E-state index in [9.17, 15) is 10.2 Å². The van der Waals surface area contributed by atoms with Gasteiger partial charge in [-0.15, -0.1) is 0 Å². The first kappa shape index (κ1) is 8.76. The summed E-state index contributed by atoms with van der Waals surface area (Å²) < 4.78 is 0. The van der Waals surface area contributed by atoms with E-state index in [0.29, 0.717) is 11.8 Å². The second-order valence-electron chi connectivity index (χ2n) is 8.34. The van der Waals surface area contributed by atoms with Crippen LogP contribution in [0.25, 0.3) is 0 Å². The fourth-order valence-electron chi connectivity index (χ4n) is 9.92. The van der Waals surface area contributed by atoms with Gasteiger partial charge in [0.15, 0.2) is 0 Å². The molecule has 7 saturated carbocycles. The smallest absolute Gasteiger partial charge is 0.0614 e. The minimum absolute atomic E-state index is 0.107. The lowest BCUT2D eigenvalue weighted by atomic mass is 9.52. The maximum Gasteiger partial charge on any atom is 0.0614 e. The van der Waals surface area contributed by atoms with Gasteiger partial charge in [0, 0.05) is 10.8 Å². The van der Waals surface area contributed by atoms with Crippen LogP contribution in [0.2, 0.25) is 0 Å². The highest BCUT2D eigenvalue weighted by Crippen LogP contribution is 2.99. The highest BCUT2D eigenvalue weighted by atomic mass is 16.3. The average Bonchev–Trinajstić information content (AvgIpc) is 3.06. The van der Waals surface area contributed by atoms with Gasteiger partial charge in [0.1, 0.15) is 0 Å². The van der Waals surface area contributed by atoms with Crippen LogP contribution in [-0.4, -0.2) is 22.4 Å². The minimum Gasteiger partial charge on any atom is -0.392 e. The van der Waals surface area contributed by atoms with Crippen LogP contribution >= 0.6 is 0 Å². The number of allylic oxidation sites excluding steroid dienone is 2. The maximum atomic E-state index is 10.9. The summed E-state index contributed by atoms with van der Waals surface area (Å²) in [7, 11) is 0. The Morgan fingerprint density at radius 2 is 1.28 bits per heavy atom. The Bertz CT molecular complexity index is 509. The molecule has 8 aliphatic rings. The molecule has 0 aliphatic heterocycles. The van der Waals surface area contributed by atoms with Gasteiger partial charge in [-0.25, -0.2) is 0 Å². The molecule has 0 aromatic heterocycles. The van der Waals surface area contributed by atoms with Gasteiger partial charge in [-0.3, -0.25) is 0 Å². The van der Waals surface area contributed by atoms with Crippen LogP contribution < -0.4 is 0 Å². The minimum atomic E-state index is -0.107. The number of aliphatic hydroxyl groups is 2. The predicted molar refractivity (Wildman–Crippen MR) is 63.2 cm³/mol. The molecule has 0 aromatic carbocycles. The normalized spacial score (nSPS) is 86.1. The summed E-state index contributed by atoms with van der Waals surface area (Å²) in [6.45, 7) is 0. The van der Waals surface area contributed by atoms with Gasteiger partial charge >= 0.3 is 0 Å². The van der Waals surface area contributed by atoms with Crippen molar-refractivity contribution in [2.24, 2.45) is 58.2 Å². The lowest BCUT2D eigenvalue weighted by Crippen LogP contribution is -2.56. The second-order valence-corrected chi connectivity index (χ2v) is 8.34. The topological polar surface area (TPSA) is 40.5 Å². The zero-order valence-corrected chi connectivity index (χ0v) is 10.2. The van der Waals surface area contributed by atoms with E-state index >= 15 is 0 Å². The van der Waals surface area contributed by atoms with Crippen LogP contribution in [0.15, 0.2) is 12.2 Å². The molecule has 0 radical (unpaired) electrons. The summed E-state index contributed by atoms with van der Waals surface area (Å²) in [5, 5.41) is 21.8. The van der Waals surface area contributed by atoms with Gasteiger partial charge in [0.05, 0.1) is 12.2 Å². The molecule has 18 heavy (non-hydrogen) atoms. The first-order valence-corrected chi connectivity index (χ1v) is 7.80. The van der Waals surface area contributed by atoms with Gasteiger partial charge < -0.3 is 10.2 Å². The fourth-order valence-corrected chi connectivity index (χ4v) is 9.92. The maximum absolute atomic E-state index is 10.9. The number of hydrogen-bond acceptors (Lipinski definition) is 2. The third-order valence-corrected chi connectivity index (χ3v) is 9.15. The molecule has 0 saturated heterocycles. The molecule has 12 atom stereocenters. The van der Waals surface area contributed by atoms with Crippen molar-refractivity contribution in [3.8, 4) is 0 Å². The van der Waals surface area contributed by atoms with Crippen LogP contribution in [0, 0.1) is 58.2 Å². The van der Waals surface area contributed by atoms with Crippen molar-refractivity contribution in [3.05, 3.63) is 12.2 Å². The Kier molecular flexibility index (Phi) is 0.953. The Hall–Kier alpha value is -0.340. The number of hydrogen-bond donors (Lipinski definition) is 2. The molecule has 0 aromatic rings. The molecule has 8 aliphatic carbocycles. The molecule has 8 rings (SSSR count). The Morgan fingerprint density at radius 1 is 0.778 bits per heavy atom. The third kappa shape index (κ3) is 0.419. The van der Waals surface area contributed by atoms with Crippen LogP contribution in [0.4, 0.5) is 0 Å². The van der Waals surface area contributed by atoms with E-state index < -0.39 is 0 Å². The van der Waals surface area contributed by atoms with E-state index in [-0.39, 0.29) is 23.0 Å². The van der Waals surface area contributed by atoms with E-state index in [1.54, 1.807) is 0 Å². The Labute approximate surface area is 106 Å². The molecule has 8 bridgehead atoms. The highest BCUT2D eigenvalue weighted by Gasteiger charge is 2.98. The van der Waals surface area contributed by atoms with Gasteiger partial charge in [-0.1, -0.05) is 12.2 Å². The summed E-state index contributed by atoms with van der Waals surface area (Å²) in [5.41, 5.74) is 0.257.